The van der Waals surface area contributed by atoms with Gasteiger partial charge in [-0.05, 0) is 38.9 Å². The lowest BCUT2D eigenvalue weighted by atomic mass is 9.91. The Kier molecular flexibility index (Phi) is 9.83. The molecule has 0 saturated carbocycles. The van der Waals surface area contributed by atoms with Crippen LogP contribution in [0.25, 0.3) is 21.9 Å². The van der Waals surface area contributed by atoms with E-state index in [9.17, 15) is 92.6 Å². The van der Waals surface area contributed by atoms with Gasteiger partial charge in [-0.15, -0.1) is 0 Å². The molecule has 0 atom stereocenters. The summed E-state index contributed by atoms with van der Waals surface area (Å²) in [5.74, 6) is -52.7. The van der Waals surface area contributed by atoms with Crippen molar-refractivity contribution in [3.63, 3.8) is 0 Å². The van der Waals surface area contributed by atoms with Gasteiger partial charge in [0, 0.05) is 35.0 Å². The maximum atomic E-state index is 15.0. The van der Waals surface area contributed by atoms with Crippen molar-refractivity contribution < 1.29 is 115 Å². The van der Waals surface area contributed by atoms with Crippen LogP contribution in [-0.2, 0) is 12.6 Å². The van der Waals surface area contributed by atoms with E-state index in [4.69, 9.17) is 8.83 Å². The first-order valence-electron chi connectivity index (χ1n) is 12.7. The minimum Gasteiger partial charge on any atom is -0.423 e. The molecule has 0 amide bonds. The summed E-state index contributed by atoms with van der Waals surface area (Å²) in [6, 6.07) is 8.63. The van der Waals surface area contributed by atoms with Gasteiger partial charge in [0.25, 0.3) is 0 Å². The average Bonchev–Trinajstić information content (AvgIpc) is 3.01. The number of hydrogen-bond donors (Lipinski definition) is 0. The first kappa shape index (κ1) is 41.1. The van der Waals surface area contributed by atoms with Gasteiger partial charge in [-0.1, -0.05) is 0 Å². The van der Waals surface area contributed by atoms with E-state index in [-0.39, 0.29) is 10.8 Å². The van der Waals surface area contributed by atoms with Gasteiger partial charge in [0.1, 0.15) is 11.2 Å². The molecule has 0 unspecified atom stereocenters. The van der Waals surface area contributed by atoms with Crippen molar-refractivity contribution in [2.75, 3.05) is 0 Å². The number of hydrogen-bond acceptors (Lipinski definition) is 7. The van der Waals surface area contributed by atoms with Gasteiger partial charge < -0.3 is 8.83 Å². The molecule has 0 fully saturated rings. The Hall–Kier alpha value is -3.69. The van der Waals surface area contributed by atoms with Gasteiger partial charge in [0.2, 0.25) is 0 Å². The van der Waals surface area contributed by atoms with Crippen LogP contribution in [0.2, 0.25) is 0 Å². The normalized spacial score (nSPS) is 14.8. The van der Waals surface area contributed by atoms with Gasteiger partial charge >= 0.3 is 88.6 Å². The lowest BCUT2D eigenvalue weighted by Crippen LogP contribution is -3.85. The highest BCUT2D eigenvalue weighted by molar-refractivity contribution is 7.87. The third kappa shape index (κ3) is 6.05. The molecule has 0 N–H and O–H groups in total. The molecule has 0 spiro atoms. The number of rotatable bonds is 11. The van der Waals surface area contributed by atoms with Crippen LogP contribution in [0.15, 0.2) is 79.1 Å². The van der Waals surface area contributed by atoms with Crippen molar-refractivity contribution in [1.82, 2.24) is 0 Å². The Morgan fingerprint density at radius 3 is 1.17 bits per heavy atom. The van der Waals surface area contributed by atoms with Gasteiger partial charge in [-0.25, -0.2) is 9.59 Å². The quantitative estimate of drug-likeness (QED) is 0.121. The molecule has 1 radical (unpaired) electrons. The summed E-state index contributed by atoms with van der Waals surface area (Å²) in [5.41, 5.74) is -3.23. The second-order valence-corrected chi connectivity index (χ2v) is 16.6. The van der Waals surface area contributed by atoms with Gasteiger partial charge in [-0.3, -0.25) is 0 Å². The maximum absolute atomic E-state index is 15.0. The zero-order valence-electron chi connectivity index (χ0n) is 23.8. The molecule has 0 saturated heterocycles. The van der Waals surface area contributed by atoms with Crippen molar-refractivity contribution >= 4 is 32.1 Å². The molecule has 4 rings (SSSR count). The van der Waals surface area contributed by atoms with E-state index in [1.165, 1.54) is 0 Å². The van der Waals surface area contributed by atoms with Crippen LogP contribution in [0.3, 0.4) is 0 Å². The molecule has 2 aromatic carbocycles. The lowest BCUT2D eigenvalue weighted by Gasteiger charge is -2.42. The van der Waals surface area contributed by atoms with Crippen molar-refractivity contribution in [3.05, 3.63) is 88.6 Å². The van der Waals surface area contributed by atoms with Gasteiger partial charge in [0.15, 0.2) is 7.14 Å². The molecule has 26 heteroatoms. The number of alkyl halides is 17. The fraction of sp³-hybridized carbons (Fsp3) is 0.308. The summed E-state index contributed by atoms with van der Waals surface area (Å²) in [6.07, 6.45) is -7.97. The Labute approximate surface area is 282 Å². The van der Waals surface area contributed by atoms with Gasteiger partial charge in [0.05, 0.1) is 0 Å². The van der Waals surface area contributed by atoms with Crippen LogP contribution >= 0.6 is 0 Å². The molecule has 2 aromatic heterocycles. The van der Waals surface area contributed by atoms with E-state index < -0.39 is 107 Å². The predicted molar refractivity (Wildman–Crippen MR) is 133 cm³/mol. The van der Waals surface area contributed by atoms with E-state index >= 15 is 0 Å². The molecular weight excluding hydrogens is 906 g/mol. The minimum absolute atomic E-state index is 0.000829. The second-order valence-electron chi connectivity index (χ2n) is 10.1. The Morgan fingerprint density at radius 2 is 0.808 bits per heavy atom. The standard InChI is InChI=1S/C26H10F17IO7S/c27-19(28,21(31,32)23(35,36)25(39,40)41)20(29,30)22(33,34)24(37,38)26(42,43)52(47,48)51-44(13-5-1-11-3-7-17(45)49-15(11)9-13)14-6-2-12-4-8-18(46)50-16(12)10-14/h1-10H/q+1. The molecule has 4 aromatic rings. The summed E-state index contributed by atoms with van der Waals surface area (Å²) >= 11 is -5.09. The third-order valence-electron chi connectivity index (χ3n) is 6.72. The predicted octanol–water partition coefficient (Wildman–Crippen LogP) is 4.79. The summed E-state index contributed by atoms with van der Waals surface area (Å²) in [5, 5.41) is -7.94. The zero-order valence-corrected chi connectivity index (χ0v) is 26.8. The Morgan fingerprint density at radius 1 is 0.481 bits per heavy atom. The number of benzene rings is 2. The first-order chi connectivity index (χ1) is 23.3. The molecular formula is C26H10F17IO7S+. The molecule has 287 valence electrons. The zero-order chi connectivity index (χ0) is 39.9. The van der Waals surface area contributed by atoms with Crippen LogP contribution < -0.4 is 31.5 Å². The van der Waals surface area contributed by atoms with Crippen molar-refractivity contribution in [3.8, 4) is 0 Å². The third-order valence-corrected chi connectivity index (χ3v) is 14.0. The maximum Gasteiger partial charge on any atom is 0.460 e. The van der Waals surface area contributed by atoms with Crippen molar-refractivity contribution in [2.24, 2.45) is 0 Å². The highest BCUT2D eigenvalue weighted by atomic mass is 127. The largest absolute Gasteiger partial charge is 0.460 e. The summed E-state index contributed by atoms with van der Waals surface area (Å²) in [7, 11) is -7.98. The number of fused-ring (bicyclic) bond motifs is 2. The highest BCUT2D eigenvalue weighted by Gasteiger charge is 2.96. The minimum atomic E-state index is -9.02. The SMILES string of the molecule is O=c1ccc2ccc([I+](OS(=O)(=O)C(F)(F)C(F)(F)C(F)(F)C(F)(F)C(F)(F)C(F)(F)C(F)(F)C(F)(F)F)c3ccc4ccc(=O)oc4c3)cc2o1. The van der Waals surface area contributed by atoms with Crippen LogP contribution in [0.1, 0.15) is 0 Å². The van der Waals surface area contributed by atoms with Crippen LogP contribution in [0.5, 0.6) is 0 Å². The van der Waals surface area contributed by atoms with Crippen LogP contribution in [0.4, 0.5) is 74.6 Å². The Balaban J connectivity index is 1.88. The van der Waals surface area contributed by atoms with E-state index in [0.29, 0.717) is 12.1 Å². The molecule has 0 aliphatic rings. The molecule has 0 bridgehead atoms. The molecule has 0 aliphatic heterocycles. The van der Waals surface area contributed by atoms with Crippen LogP contribution in [-0.4, -0.2) is 55.4 Å². The fourth-order valence-corrected chi connectivity index (χ4v) is 10.9. The monoisotopic (exact) mass is 916 g/mol. The molecule has 7 nitrogen and oxygen atoms in total. The fourth-order valence-electron chi connectivity index (χ4n) is 3.91. The smallest absolute Gasteiger partial charge is 0.423 e. The van der Waals surface area contributed by atoms with Gasteiger partial charge in [-0.2, -0.15) is 83.1 Å². The second kappa shape index (κ2) is 12.4. The van der Waals surface area contributed by atoms with E-state index in [2.05, 4.69) is 2.51 Å². The summed E-state index contributed by atoms with van der Waals surface area (Å²) in [4.78, 5) is 23.3. The summed E-state index contributed by atoms with van der Waals surface area (Å²) < 4.78 is 272. The topological polar surface area (TPSA) is 104 Å². The highest BCUT2D eigenvalue weighted by Crippen LogP contribution is 2.64. The molecule has 0 aliphatic carbocycles. The van der Waals surface area contributed by atoms with E-state index in [1.807, 2.05) is 0 Å². The van der Waals surface area contributed by atoms with Crippen molar-refractivity contribution in [2.45, 2.75) is 47.0 Å². The van der Waals surface area contributed by atoms with Crippen molar-refractivity contribution in [1.29, 1.82) is 0 Å². The average molecular weight is 916 g/mol. The first-order valence-corrected chi connectivity index (χ1v) is 17.2. The molecule has 2 heterocycles. The number of halogens is 18. The lowest BCUT2D eigenvalue weighted by molar-refractivity contribution is -1.03. The van der Waals surface area contributed by atoms with E-state index in [1.54, 1.807) is 0 Å². The van der Waals surface area contributed by atoms with Crippen LogP contribution in [0, 0.1) is 7.14 Å². The Bertz CT molecular complexity index is 2160. The van der Waals surface area contributed by atoms with E-state index in [0.717, 1.165) is 48.5 Å². The molecule has 52 heavy (non-hydrogen) atoms. The summed E-state index contributed by atoms with van der Waals surface area (Å²) in [6.45, 7) is 0.